The molecule has 2 N–H and O–H groups in total. The number of hydrogen-bond donors (Lipinski definition) is 1. The maximum atomic E-state index is 12.4. The fourth-order valence-electron chi connectivity index (χ4n) is 1.68. The summed E-state index contributed by atoms with van der Waals surface area (Å²) in [6, 6.07) is 8.74. The largest absolute Gasteiger partial charge is 0.389 e. The first kappa shape index (κ1) is 16.0. The van der Waals surface area contributed by atoms with Crippen LogP contribution in [0, 0.1) is 0 Å². The lowest BCUT2D eigenvalue weighted by Crippen LogP contribution is -2.28. The highest BCUT2D eigenvalue weighted by Crippen LogP contribution is 2.24. The van der Waals surface area contributed by atoms with Gasteiger partial charge in [-0.3, -0.25) is 4.98 Å². The van der Waals surface area contributed by atoms with Crippen LogP contribution in [0.2, 0.25) is 0 Å². The Morgan fingerprint density at radius 3 is 2.71 bits per heavy atom. The summed E-state index contributed by atoms with van der Waals surface area (Å²) in [5.74, 6) is 0. The zero-order chi connectivity index (χ0) is 15.5. The standard InChI is InChI=1S/C13H15N3O2S3/c1-16(9-7-10-4-2-3-8-15-10)21(17,18)12-6-5-11(20-12)13(14)19/h2-6,8H,7,9H2,1H3,(H2,14,19). The van der Waals surface area contributed by atoms with Gasteiger partial charge in [0.1, 0.15) is 9.20 Å². The van der Waals surface area contributed by atoms with Crippen LogP contribution in [-0.4, -0.2) is 36.3 Å². The van der Waals surface area contributed by atoms with Gasteiger partial charge in [0.05, 0.1) is 4.88 Å². The van der Waals surface area contributed by atoms with Crippen LogP contribution in [0.4, 0.5) is 0 Å². The van der Waals surface area contributed by atoms with Crippen molar-refractivity contribution in [3.8, 4) is 0 Å². The normalized spacial score (nSPS) is 11.7. The number of thiocarbonyl (C=S) groups is 1. The van der Waals surface area contributed by atoms with Crippen molar-refractivity contribution in [3.05, 3.63) is 47.1 Å². The minimum atomic E-state index is -3.51. The van der Waals surface area contributed by atoms with Crippen molar-refractivity contribution in [2.45, 2.75) is 10.6 Å². The predicted octanol–water partition coefficient (Wildman–Crippen LogP) is 1.64. The lowest BCUT2D eigenvalue weighted by Gasteiger charge is -2.15. The van der Waals surface area contributed by atoms with Crippen molar-refractivity contribution in [1.29, 1.82) is 0 Å². The predicted molar refractivity (Wildman–Crippen MR) is 88.0 cm³/mol. The van der Waals surface area contributed by atoms with E-state index in [1.165, 1.54) is 10.4 Å². The number of pyridine rings is 1. The van der Waals surface area contributed by atoms with Gasteiger partial charge in [-0.2, -0.15) is 4.31 Å². The van der Waals surface area contributed by atoms with Crippen LogP contribution in [0.1, 0.15) is 10.6 Å². The lowest BCUT2D eigenvalue weighted by molar-refractivity contribution is 0.472. The molecule has 0 atom stereocenters. The fourth-order valence-corrected chi connectivity index (χ4v) is 4.42. The third kappa shape index (κ3) is 3.85. The number of aromatic nitrogens is 1. The molecule has 0 aliphatic carbocycles. The summed E-state index contributed by atoms with van der Waals surface area (Å²) in [5, 5.41) is 0. The molecular formula is C13H15N3O2S3. The van der Waals surface area contributed by atoms with E-state index in [9.17, 15) is 8.42 Å². The molecule has 8 heteroatoms. The molecule has 0 bridgehead atoms. The van der Waals surface area contributed by atoms with Crippen molar-refractivity contribution >= 4 is 38.6 Å². The highest BCUT2D eigenvalue weighted by atomic mass is 32.2. The molecule has 0 spiro atoms. The minimum Gasteiger partial charge on any atom is -0.389 e. The molecule has 0 radical (unpaired) electrons. The van der Waals surface area contributed by atoms with Crippen LogP contribution in [-0.2, 0) is 16.4 Å². The first-order valence-corrected chi connectivity index (χ1v) is 8.83. The fraction of sp³-hybridized carbons (Fsp3) is 0.231. The number of thiophene rings is 1. The van der Waals surface area contributed by atoms with E-state index in [4.69, 9.17) is 18.0 Å². The first-order chi connectivity index (χ1) is 9.91. The molecule has 2 heterocycles. The molecule has 2 rings (SSSR count). The second kappa shape index (κ2) is 6.61. The van der Waals surface area contributed by atoms with Gasteiger partial charge in [0.2, 0.25) is 0 Å². The second-order valence-corrected chi connectivity index (χ2v) is 8.18. The summed E-state index contributed by atoms with van der Waals surface area (Å²) in [4.78, 5) is 4.99. The summed E-state index contributed by atoms with van der Waals surface area (Å²) in [5.41, 5.74) is 6.36. The van der Waals surface area contributed by atoms with Crippen LogP contribution in [0.3, 0.4) is 0 Å². The van der Waals surface area contributed by atoms with E-state index in [-0.39, 0.29) is 9.20 Å². The van der Waals surface area contributed by atoms with Crippen LogP contribution >= 0.6 is 23.6 Å². The SMILES string of the molecule is CN(CCc1ccccn1)S(=O)(=O)c1ccc(C(N)=S)s1. The maximum absolute atomic E-state index is 12.4. The van der Waals surface area contributed by atoms with Crippen LogP contribution < -0.4 is 5.73 Å². The molecule has 0 aliphatic rings. The van der Waals surface area contributed by atoms with Crippen LogP contribution in [0.25, 0.3) is 0 Å². The number of hydrogen-bond acceptors (Lipinski definition) is 5. The zero-order valence-corrected chi connectivity index (χ0v) is 13.8. The molecule has 112 valence electrons. The number of likely N-dealkylation sites (N-methyl/N-ethyl adjacent to an activating group) is 1. The van der Waals surface area contributed by atoms with Gasteiger partial charge in [0, 0.05) is 31.9 Å². The number of nitrogens with two attached hydrogens (primary N) is 1. The van der Waals surface area contributed by atoms with E-state index >= 15 is 0 Å². The summed E-state index contributed by atoms with van der Waals surface area (Å²) in [7, 11) is -1.96. The van der Waals surface area contributed by atoms with Gasteiger partial charge in [0.25, 0.3) is 10.0 Å². The lowest BCUT2D eigenvalue weighted by atomic mass is 10.3. The summed E-state index contributed by atoms with van der Waals surface area (Å²) < 4.78 is 26.4. The van der Waals surface area contributed by atoms with E-state index in [1.807, 2.05) is 18.2 Å². The number of nitrogens with zero attached hydrogens (tertiary/aromatic N) is 2. The Balaban J connectivity index is 2.09. The second-order valence-electron chi connectivity index (χ2n) is 4.38. The molecule has 2 aromatic rings. The Morgan fingerprint density at radius 1 is 1.38 bits per heavy atom. The van der Waals surface area contributed by atoms with Gasteiger partial charge < -0.3 is 5.73 Å². The Hall–Kier alpha value is -1.35. The molecule has 5 nitrogen and oxygen atoms in total. The van der Waals surface area contributed by atoms with Gasteiger partial charge in [-0.25, -0.2) is 8.42 Å². The van der Waals surface area contributed by atoms with E-state index in [0.29, 0.717) is 17.8 Å². The monoisotopic (exact) mass is 341 g/mol. The summed E-state index contributed by atoms with van der Waals surface area (Å²) in [6.07, 6.45) is 2.25. The third-order valence-electron chi connectivity index (χ3n) is 2.90. The number of rotatable bonds is 6. The van der Waals surface area contributed by atoms with E-state index in [0.717, 1.165) is 17.0 Å². The van der Waals surface area contributed by atoms with Gasteiger partial charge >= 0.3 is 0 Å². The first-order valence-electron chi connectivity index (χ1n) is 6.17. The Bertz CT molecular complexity index is 726. The third-order valence-corrected chi connectivity index (χ3v) is 6.69. The van der Waals surface area contributed by atoms with E-state index in [2.05, 4.69) is 4.98 Å². The maximum Gasteiger partial charge on any atom is 0.252 e. The van der Waals surface area contributed by atoms with Gasteiger partial charge in [-0.15, -0.1) is 11.3 Å². The van der Waals surface area contributed by atoms with Gasteiger partial charge in [-0.1, -0.05) is 18.3 Å². The van der Waals surface area contributed by atoms with E-state index in [1.54, 1.807) is 19.3 Å². The average molecular weight is 341 g/mol. The molecular weight excluding hydrogens is 326 g/mol. The molecule has 0 aromatic carbocycles. The van der Waals surface area contributed by atoms with Crippen molar-refractivity contribution in [1.82, 2.24) is 9.29 Å². The van der Waals surface area contributed by atoms with Gasteiger partial charge in [0.15, 0.2) is 0 Å². The molecule has 21 heavy (non-hydrogen) atoms. The molecule has 0 saturated heterocycles. The molecule has 0 saturated carbocycles. The van der Waals surface area contributed by atoms with Crippen molar-refractivity contribution in [2.75, 3.05) is 13.6 Å². The summed E-state index contributed by atoms with van der Waals surface area (Å²) >= 11 is 5.94. The van der Waals surface area contributed by atoms with Crippen molar-refractivity contribution in [2.24, 2.45) is 5.73 Å². The Morgan fingerprint density at radius 2 is 2.14 bits per heavy atom. The highest BCUT2D eigenvalue weighted by Gasteiger charge is 2.23. The topological polar surface area (TPSA) is 76.3 Å². The Kier molecular flexibility index (Phi) is 5.04. The minimum absolute atomic E-state index is 0.206. The Labute approximate surface area is 133 Å². The molecule has 2 aromatic heterocycles. The molecule has 0 aliphatic heterocycles. The summed E-state index contributed by atoms with van der Waals surface area (Å²) in [6.45, 7) is 0.361. The zero-order valence-electron chi connectivity index (χ0n) is 11.4. The quantitative estimate of drug-likeness (QED) is 0.808. The van der Waals surface area contributed by atoms with Crippen molar-refractivity contribution < 1.29 is 8.42 Å². The van der Waals surface area contributed by atoms with Crippen LogP contribution in [0.5, 0.6) is 0 Å². The van der Waals surface area contributed by atoms with Gasteiger partial charge in [-0.05, 0) is 24.3 Å². The van der Waals surface area contributed by atoms with Crippen LogP contribution in [0.15, 0.2) is 40.7 Å². The molecule has 0 unspecified atom stereocenters. The molecule has 0 amide bonds. The highest BCUT2D eigenvalue weighted by molar-refractivity contribution is 7.91. The number of sulfonamides is 1. The van der Waals surface area contributed by atoms with E-state index < -0.39 is 10.0 Å². The molecule has 0 fully saturated rings. The van der Waals surface area contributed by atoms with Crippen molar-refractivity contribution in [3.63, 3.8) is 0 Å². The smallest absolute Gasteiger partial charge is 0.252 e. The average Bonchev–Trinajstić information content (AvgIpc) is 2.96.